The van der Waals surface area contributed by atoms with Crippen molar-refractivity contribution < 1.29 is 0 Å². The molecule has 0 amide bonds. The highest BCUT2D eigenvalue weighted by molar-refractivity contribution is 7.95. The lowest BCUT2D eigenvalue weighted by Crippen LogP contribution is -2.33. The van der Waals surface area contributed by atoms with Crippen LogP contribution in [0.25, 0.3) is 0 Å². The van der Waals surface area contributed by atoms with E-state index >= 15 is 0 Å². The molecule has 0 aliphatic heterocycles. The topological polar surface area (TPSA) is 0 Å². The van der Waals surface area contributed by atoms with Crippen LogP contribution in [0.3, 0.4) is 0 Å². The summed E-state index contributed by atoms with van der Waals surface area (Å²) in [7, 11) is -1.62. The quantitative estimate of drug-likeness (QED) is 0.444. The second-order valence-electron chi connectivity index (χ2n) is 7.20. The average molecular weight is 361 g/mol. The van der Waals surface area contributed by atoms with Gasteiger partial charge in [0, 0.05) is 0 Å². The number of hydrogen-bond donors (Lipinski definition) is 0. The Morgan fingerprint density at radius 2 is 1.04 bits per heavy atom. The van der Waals surface area contributed by atoms with Crippen LogP contribution < -0.4 is 15.9 Å². The Hall–Kier alpha value is -1.91. The zero-order valence-electron chi connectivity index (χ0n) is 16.0. The standard InChI is InChI=1S/C25H30P/c1-3-22(2)14-13-21-26(23-15-7-4-8-16-23,24-17-9-5-10-18-24)25-19-11-6-12-20-25/h4-12,15-20,22H,3,13-14,21H2,1-2H3/q+1. The van der Waals surface area contributed by atoms with E-state index in [0.717, 1.165) is 5.92 Å². The van der Waals surface area contributed by atoms with Crippen LogP contribution >= 0.6 is 7.26 Å². The average Bonchev–Trinajstić information content (AvgIpc) is 2.73. The van der Waals surface area contributed by atoms with Crippen molar-refractivity contribution in [3.8, 4) is 0 Å². The number of benzene rings is 3. The summed E-state index contributed by atoms with van der Waals surface area (Å²) in [5.74, 6) is 0.805. The molecule has 1 heteroatoms. The van der Waals surface area contributed by atoms with Gasteiger partial charge in [0.2, 0.25) is 0 Å². The number of rotatable bonds is 8. The van der Waals surface area contributed by atoms with Gasteiger partial charge in [-0.2, -0.15) is 0 Å². The molecule has 1 atom stereocenters. The predicted molar refractivity (Wildman–Crippen MR) is 119 cm³/mol. The maximum absolute atomic E-state index is 2.38. The lowest BCUT2D eigenvalue weighted by atomic mass is 10.0. The second-order valence-corrected chi connectivity index (χ2v) is 10.8. The maximum atomic E-state index is 2.38. The largest absolute Gasteiger partial charge is 0.112 e. The van der Waals surface area contributed by atoms with Crippen LogP contribution in [0.1, 0.15) is 33.1 Å². The molecule has 0 aliphatic carbocycles. The van der Waals surface area contributed by atoms with Gasteiger partial charge in [-0.25, -0.2) is 0 Å². The number of hydrogen-bond acceptors (Lipinski definition) is 0. The minimum Gasteiger partial charge on any atom is -0.0651 e. The van der Waals surface area contributed by atoms with E-state index in [1.165, 1.54) is 41.3 Å². The molecule has 0 aromatic heterocycles. The van der Waals surface area contributed by atoms with Gasteiger partial charge in [-0.15, -0.1) is 0 Å². The molecule has 0 heterocycles. The van der Waals surface area contributed by atoms with Crippen molar-refractivity contribution in [2.24, 2.45) is 5.92 Å². The highest BCUT2D eigenvalue weighted by Gasteiger charge is 2.44. The summed E-state index contributed by atoms with van der Waals surface area (Å²) in [4.78, 5) is 0. The summed E-state index contributed by atoms with van der Waals surface area (Å²) in [6.07, 6.45) is 5.11. The first-order valence-electron chi connectivity index (χ1n) is 9.82. The van der Waals surface area contributed by atoms with Crippen molar-refractivity contribution in [1.29, 1.82) is 0 Å². The van der Waals surface area contributed by atoms with Gasteiger partial charge in [-0.1, -0.05) is 74.9 Å². The fourth-order valence-corrected chi connectivity index (χ4v) is 8.13. The zero-order chi connectivity index (χ0) is 18.2. The van der Waals surface area contributed by atoms with Crippen LogP contribution in [-0.2, 0) is 0 Å². The lowest BCUT2D eigenvalue weighted by molar-refractivity contribution is 0.510. The van der Waals surface area contributed by atoms with Crippen LogP contribution in [-0.4, -0.2) is 6.16 Å². The first-order valence-corrected chi connectivity index (χ1v) is 11.8. The van der Waals surface area contributed by atoms with Gasteiger partial charge < -0.3 is 0 Å². The van der Waals surface area contributed by atoms with Gasteiger partial charge in [-0.3, -0.25) is 0 Å². The molecule has 0 radical (unpaired) electrons. The smallest absolute Gasteiger partial charge is 0.0651 e. The SMILES string of the molecule is CCC(C)CCC[P+](c1ccccc1)(c1ccccc1)c1ccccc1. The molecule has 0 bridgehead atoms. The van der Waals surface area contributed by atoms with E-state index < -0.39 is 7.26 Å². The van der Waals surface area contributed by atoms with E-state index in [9.17, 15) is 0 Å². The Morgan fingerprint density at radius 3 is 1.38 bits per heavy atom. The fraction of sp³-hybridized carbons (Fsp3) is 0.280. The van der Waals surface area contributed by atoms with Gasteiger partial charge in [0.15, 0.2) is 0 Å². The third-order valence-electron chi connectivity index (χ3n) is 5.48. The summed E-state index contributed by atoms with van der Waals surface area (Å²) in [6, 6.07) is 33.7. The molecule has 1 unspecified atom stereocenters. The molecular weight excluding hydrogens is 331 g/mol. The molecule has 0 fully saturated rings. The van der Waals surface area contributed by atoms with Crippen LogP contribution in [0.5, 0.6) is 0 Å². The van der Waals surface area contributed by atoms with Crippen LogP contribution in [0.4, 0.5) is 0 Å². The lowest BCUT2D eigenvalue weighted by Gasteiger charge is -2.28. The van der Waals surface area contributed by atoms with E-state index in [2.05, 4.69) is 105 Å². The monoisotopic (exact) mass is 361 g/mol. The molecule has 0 saturated carbocycles. The van der Waals surface area contributed by atoms with Crippen molar-refractivity contribution in [2.75, 3.05) is 6.16 Å². The van der Waals surface area contributed by atoms with E-state index in [1.807, 2.05) is 0 Å². The Kier molecular flexibility index (Phi) is 6.64. The van der Waals surface area contributed by atoms with Gasteiger partial charge in [0.25, 0.3) is 0 Å². The minimum absolute atomic E-state index is 0.805. The molecule has 3 aromatic rings. The van der Waals surface area contributed by atoms with E-state index in [0.29, 0.717) is 0 Å². The molecule has 0 spiro atoms. The summed E-state index contributed by atoms with van der Waals surface area (Å²) in [5, 5.41) is 4.50. The van der Waals surface area contributed by atoms with E-state index in [1.54, 1.807) is 0 Å². The van der Waals surface area contributed by atoms with E-state index in [4.69, 9.17) is 0 Å². The van der Waals surface area contributed by atoms with Gasteiger partial charge in [-0.05, 0) is 55.2 Å². The molecule has 134 valence electrons. The van der Waals surface area contributed by atoms with Gasteiger partial charge in [0.1, 0.15) is 23.2 Å². The van der Waals surface area contributed by atoms with Crippen LogP contribution in [0.15, 0.2) is 91.0 Å². The second kappa shape index (κ2) is 9.15. The molecule has 3 rings (SSSR count). The summed E-state index contributed by atoms with van der Waals surface area (Å²) >= 11 is 0. The van der Waals surface area contributed by atoms with Gasteiger partial charge >= 0.3 is 0 Å². The highest BCUT2D eigenvalue weighted by Crippen LogP contribution is 2.56. The van der Waals surface area contributed by atoms with Crippen molar-refractivity contribution in [2.45, 2.75) is 33.1 Å². The van der Waals surface area contributed by atoms with Gasteiger partial charge in [0.05, 0.1) is 6.16 Å². The predicted octanol–water partition coefficient (Wildman–Crippen LogP) is 5.81. The minimum atomic E-state index is -1.62. The third kappa shape index (κ3) is 4.08. The van der Waals surface area contributed by atoms with Crippen molar-refractivity contribution in [1.82, 2.24) is 0 Å². The summed E-state index contributed by atoms with van der Waals surface area (Å²) in [6.45, 7) is 4.69. The summed E-state index contributed by atoms with van der Waals surface area (Å²) < 4.78 is 0. The van der Waals surface area contributed by atoms with Crippen molar-refractivity contribution in [3.05, 3.63) is 91.0 Å². The fourth-order valence-electron chi connectivity index (χ4n) is 3.76. The van der Waals surface area contributed by atoms with Crippen LogP contribution in [0.2, 0.25) is 0 Å². The molecule has 0 N–H and O–H groups in total. The Balaban J connectivity index is 2.11. The Morgan fingerprint density at radius 1 is 0.654 bits per heavy atom. The Bertz CT molecular complexity index is 668. The molecule has 0 nitrogen and oxygen atoms in total. The molecule has 3 aromatic carbocycles. The highest BCUT2D eigenvalue weighted by atomic mass is 31.2. The van der Waals surface area contributed by atoms with Crippen molar-refractivity contribution >= 4 is 23.2 Å². The first-order chi connectivity index (χ1) is 12.8. The normalized spacial score (nSPS) is 12.7. The Labute approximate surface area is 159 Å². The molecule has 0 aliphatic rings. The summed E-state index contributed by atoms with van der Waals surface area (Å²) in [5.41, 5.74) is 0. The first kappa shape index (κ1) is 18.9. The van der Waals surface area contributed by atoms with Crippen LogP contribution in [0, 0.1) is 5.92 Å². The van der Waals surface area contributed by atoms with Crippen molar-refractivity contribution in [3.63, 3.8) is 0 Å². The zero-order valence-corrected chi connectivity index (χ0v) is 16.9. The molecule has 0 saturated heterocycles. The molecule has 26 heavy (non-hydrogen) atoms. The maximum Gasteiger partial charge on any atom is 0.112 e. The molecular formula is C25H30P+. The van der Waals surface area contributed by atoms with E-state index in [-0.39, 0.29) is 0 Å². The third-order valence-corrected chi connectivity index (χ3v) is 10.0.